The van der Waals surface area contributed by atoms with Crippen molar-refractivity contribution in [1.82, 2.24) is 0 Å². The van der Waals surface area contributed by atoms with E-state index in [1.165, 1.54) is 11.8 Å². The van der Waals surface area contributed by atoms with Crippen LogP contribution in [0.2, 0.25) is 0 Å². The summed E-state index contributed by atoms with van der Waals surface area (Å²) in [6.45, 7) is 12.2. The van der Waals surface area contributed by atoms with Gasteiger partial charge in [-0.2, -0.15) is 0 Å². The van der Waals surface area contributed by atoms with Gasteiger partial charge in [0.05, 0.1) is 6.61 Å². The lowest BCUT2D eigenvalue weighted by Crippen LogP contribution is -2.44. The molecule has 3 rings (SSSR count). The van der Waals surface area contributed by atoms with Crippen molar-refractivity contribution in [3.63, 3.8) is 0 Å². The molecule has 0 fully saturated rings. The van der Waals surface area contributed by atoms with Gasteiger partial charge in [-0.1, -0.05) is 64.6 Å². The van der Waals surface area contributed by atoms with Crippen molar-refractivity contribution in [2.24, 2.45) is 5.92 Å². The number of nitrogens with two attached hydrogens (primary N) is 1. The minimum atomic E-state index is -0.768. The molecule has 0 aromatic heterocycles. The Morgan fingerprint density at radius 3 is 2.35 bits per heavy atom. The van der Waals surface area contributed by atoms with Gasteiger partial charge in [-0.05, 0) is 71.6 Å². The van der Waals surface area contributed by atoms with E-state index in [0.717, 1.165) is 33.6 Å². The molecule has 1 atom stereocenters. The first-order valence-electron chi connectivity index (χ1n) is 11.8. The molecule has 4 N–H and O–H groups in total. The molecule has 1 aliphatic rings. The average Bonchev–Trinajstić information content (AvgIpc) is 2.75. The van der Waals surface area contributed by atoms with Gasteiger partial charge in [-0.3, -0.25) is 0 Å². The zero-order chi connectivity index (χ0) is 25.3. The molecule has 0 spiro atoms. The van der Waals surface area contributed by atoms with Crippen LogP contribution in [0.1, 0.15) is 69.7 Å². The van der Waals surface area contributed by atoms with Gasteiger partial charge in [0.2, 0.25) is 0 Å². The summed E-state index contributed by atoms with van der Waals surface area (Å²) in [7, 11) is 0. The van der Waals surface area contributed by atoms with Crippen molar-refractivity contribution in [3.05, 3.63) is 69.3 Å². The number of rotatable bonds is 7. The highest BCUT2D eigenvalue weighted by Gasteiger charge is 2.44. The molecule has 0 saturated carbocycles. The molecule has 0 unspecified atom stereocenters. The van der Waals surface area contributed by atoms with E-state index in [2.05, 4.69) is 20.8 Å². The number of carbonyl (C=O) groups is 1. The fourth-order valence-corrected chi connectivity index (χ4v) is 5.56. The Bertz CT molecular complexity index is 1080. The lowest BCUT2D eigenvalue weighted by Gasteiger charge is -2.40. The van der Waals surface area contributed by atoms with Crippen LogP contribution in [0.5, 0.6) is 0 Å². The number of esters is 1. The molecule has 1 heterocycles. The summed E-state index contributed by atoms with van der Waals surface area (Å²) < 4.78 is 6.09. The topological polar surface area (TPSA) is 92.8 Å². The average molecular weight is 484 g/mol. The van der Waals surface area contributed by atoms with Crippen molar-refractivity contribution in [1.29, 1.82) is 0 Å². The molecular formula is C28H37NO4S. The monoisotopic (exact) mass is 483 g/mol. The molecule has 0 bridgehead atoms. The van der Waals surface area contributed by atoms with Crippen molar-refractivity contribution in [2.45, 2.75) is 83.3 Å². The van der Waals surface area contributed by atoms with Crippen LogP contribution in [0, 0.1) is 12.8 Å². The number of ether oxygens (including phenoxy) is 1. The van der Waals surface area contributed by atoms with Gasteiger partial charge in [0.15, 0.2) is 0 Å². The molecule has 6 heteroatoms. The normalized spacial score (nSPS) is 19.0. The number of aliphatic hydroxyl groups is 2. The predicted octanol–water partition coefficient (Wildman–Crippen LogP) is 6.20. The van der Waals surface area contributed by atoms with E-state index in [-0.39, 0.29) is 35.0 Å². The SMILES string of the molecule is Cc1cc(SC2=C(O)C[C@](CCc3ccc(N)cc3)(C(C)C)OC2=O)c(C(C)(C)C)cc1CO. The predicted molar refractivity (Wildman–Crippen MR) is 139 cm³/mol. The van der Waals surface area contributed by atoms with E-state index in [1.807, 2.05) is 57.2 Å². The number of hydrogen-bond acceptors (Lipinski definition) is 6. The van der Waals surface area contributed by atoms with Gasteiger partial charge in [-0.25, -0.2) is 4.79 Å². The van der Waals surface area contributed by atoms with Crippen LogP contribution in [0.3, 0.4) is 0 Å². The van der Waals surface area contributed by atoms with Gasteiger partial charge in [0, 0.05) is 17.0 Å². The van der Waals surface area contributed by atoms with Gasteiger partial charge < -0.3 is 20.7 Å². The largest absolute Gasteiger partial charge is 0.511 e. The lowest BCUT2D eigenvalue weighted by molar-refractivity contribution is -0.164. The summed E-state index contributed by atoms with van der Waals surface area (Å²) in [4.78, 5) is 14.4. The zero-order valence-corrected chi connectivity index (χ0v) is 21.9. The quantitative estimate of drug-likeness (QED) is 0.321. The van der Waals surface area contributed by atoms with Crippen LogP contribution < -0.4 is 5.73 Å². The summed E-state index contributed by atoms with van der Waals surface area (Å²) in [6, 6.07) is 11.7. The molecule has 0 radical (unpaired) electrons. The van der Waals surface area contributed by atoms with Gasteiger partial charge >= 0.3 is 5.97 Å². The lowest BCUT2D eigenvalue weighted by atomic mass is 9.80. The molecule has 0 aliphatic carbocycles. The van der Waals surface area contributed by atoms with E-state index in [4.69, 9.17) is 10.5 Å². The second-order valence-corrected chi connectivity index (χ2v) is 11.6. The molecule has 0 amide bonds. The van der Waals surface area contributed by atoms with E-state index in [0.29, 0.717) is 12.1 Å². The molecule has 5 nitrogen and oxygen atoms in total. The molecule has 0 saturated heterocycles. The molecule has 2 aromatic carbocycles. The molecule has 184 valence electrons. The fraction of sp³-hybridized carbons (Fsp3) is 0.464. The molecule has 2 aromatic rings. The Balaban J connectivity index is 1.91. The first-order valence-corrected chi connectivity index (χ1v) is 12.6. The van der Waals surface area contributed by atoms with Crippen LogP contribution in [-0.4, -0.2) is 21.8 Å². The Morgan fingerprint density at radius 1 is 1.18 bits per heavy atom. The van der Waals surface area contributed by atoms with Gasteiger partial charge in [-0.15, -0.1) is 0 Å². The minimum Gasteiger partial charge on any atom is -0.511 e. The van der Waals surface area contributed by atoms with Crippen molar-refractivity contribution >= 4 is 23.4 Å². The van der Waals surface area contributed by atoms with Crippen LogP contribution in [-0.2, 0) is 28.0 Å². The van der Waals surface area contributed by atoms with E-state index < -0.39 is 11.6 Å². The molecule has 1 aliphatic heterocycles. The highest BCUT2D eigenvalue weighted by Crippen LogP contribution is 2.45. The van der Waals surface area contributed by atoms with Crippen molar-refractivity contribution < 1.29 is 19.7 Å². The first-order chi connectivity index (χ1) is 15.9. The van der Waals surface area contributed by atoms with E-state index in [1.54, 1.807) is 0 Å². The number of aryl methyl sites for hydroxylation is 2. The van der Waals surface area contributed by atoms with E-state index >= 15 is 0 Å². The fourth-order valence-electron chi connectivity index (χ4n) is 4.32. The number of cyclic esters (lactones) is 1. The maximum absolute atomic E-state index is 13.2. The summed E-state index contributed by atoms with van der Waals surface area (Å²) in [5.41, 5.74) is 9.48. The number of carbonyl (C=O) groups excluding carboxylic acids is 1. The number of thioether (sulfide) groups is 1. The Hall–Kier alpha value is -2.44. The Kier molecular flexibility index (Phi) is 7.73. The second-order valence-electron chi connectivity index (χ2n) is 10.6. The zero-order valence-electron chi connectivity index (χ0n) is 21.1. The number of aliphatic hydroxyl groups excluding tert-OH is 2. The number of hydrogen-bond donors (Lipinski definition) is 3. The first kappa shape index (κ1) is 26.2. The van der Waals surface area contributed by atoms with Gasteiger partial charge in [0.1, 0.15) is 16.3 Å². The third-order valence-corrected chi connectivity index (χ3v) is 7.87. The van der Waals surface area contributed by atoms with E-state index in [9.17, 15) is 15.0 Å². The second kappa shape index (κ2) is 10.0. The van der Waals surface area contributed by atoms with Crippen LogP contribution in [0.4, 0.5) is 5.69 Å². The highest BCUT2D eigenvalue weighted by atomic mass is 32.2. The third-order valence-electron chi connectivity index (χ3n) is 6.71. The summed E-state index contributed by atoms with van der Waals surface area (Å²) in [5, 5.41) is 20.8. The maximum Gasteiger partial charge on any atom is 0.349 e. The molecule has 34 heavy (non-hydrogen) atoms. The Labute approximate surface area is 207 Å². The number of nitrogen functional groups attached to an aromatic ring is 1. The van der Waals surface area contributed by atoms with Crippen molar-refractivity contribution in [3.8, 4) is 0 Å². The molecular weight excluding hydrogens is 446 g/mol. The summed E-state index contributed by atoms with van der Waals surface area (Å²) >= 11 is 1.26. The maximum atomic E-state index is 13.2. The standard InChI is InChI=1S/C28H37NO4S/c1-17(2)28(12-11-19-7-9-21(29)10-8-19)15-23(31)25(26(32)33-28)34-24-13-18(3)20(16-30)14-22(24)27(4,5)6/h7-10,13-14,17,30-31H,11-12,15-16,29H2,1-6H3/t28-/m1/s1. The summed E-state index contributed by atoms with van der Waals surface area (Å²) in [5.74, 6) is -0.366. The Morgan fingerprint density at radius 2 is 1.82 bits per heavy atom. The van der Waals surface area contributed by atoms with Crippen LogP contribution in [0.25, 0.3) is 0 Å². The smallest absolute Gasteiger partial charge is 0.349 e. The summed E-state index contributed by atoms with van der Waals surface area (Å²) in [6.07, 6.45) is 1.61. The highest BCUT2D eigenvalue weighted by molar-refractivity contribution is 8.04. The minimum absolute atomic E-state index is 0.0372. The number of anilines is 1. The van der Waals surface area contributed by atoms with Crippen LogP contribution >= 0.6 is 11.8 Å². The third kappa shape index (κ3) is 5.61. The van der Waals surface area contributed by atoms with Gasteiger partial charge in [0.25, 0.3) is 0 Å². The van der Waals surface area contributed by atoms with Crippen LogP contribution in [0.15, 0.2) is 52.0 Å². The van der Waals surface area contributed by atoms with Crippen molar-refractivity contribution in [2.75, 3.05) is 5.73 Å². The number of benzene rings is 2.